The molecule has 188 valence electrons. The summed E-state index contributed by atoms with van der Waals surface area (Å²) >= 11 is 0. The van der Waals surface area contributed by atoms with E-state index in [1.165, 1.54) is 37.4 Å². The van der Waals surface area contributed by atoms with E-state index in [0.717, 1.165) is 31.2 Å². The molecule has 5 rings (SSSR count). The van der Waals surface area contributed by atoms with E-state index in [9.17, 15) is 27.5 Å². The van der Waals surface area contributed by atoms with Crippen LogP contribution >= 0.6 is 0 Å². The summed E-state index contributed by atoms with van der Waals surface area (Å²) in [5.41, 5.74) is 0.544. The molecule has 3 heterocycles. The molecular weight excluding hydrogens is 468 g/mol. The summed E-state index contributed by atoms with van der Waals surface area (Å²) in [6.45, 7) is 0.257. The predicted octanol–water partition coefficient (Wildman–Crippen LogP) is 4.00. The zero-order valence-electron chi connectivity index (χ0n) is 19.1. The molecule has 1 amide bonds. The largest absolute Gasteiger partial charge is 0.497 e. The van der Waals surface area contributed by atoms with Crippen LogP contribution in [-0.4, -0.2) is 58.1 Å². The number of ether oxygens (including phenoxy) is 2. The van der Waals surface area contributed by atoms with Crippen molar-refractivity contribution in [3.63, 3.8) is 0 Å². The molecule has 1 N–H and O–H groups in total. The molecule has 2 unspecified atom stereocenters. The summed E-state index contributed by atoms with van der Waals surface area (Å²) in [6, 6.07) is 11.0. The number of aliphatic hydroxyl groups excluding tert-OH is 1. The number of carbonyl (C=O) groups is 1. The molecule has 6 nitrogen and oxygen atoms in total. The van der Waals surface area contributed by atoms with E-state index in [-0.39, 0.29) is 41.8 Å². The minimum absolute atomic E-state index is 0.202. The molecule has 35 heavy (non-hydrogen) atoms. The number of aliphatic hydroxyl groups is 1. The van der Waals surface area contributed by atoms with Gasteiger partial charge in [0.25, 0.3) is 6.29 Å². The first kappa shape index (κ1) is 23.9. The molecule has 0 radical (unpaired) electrons. The van der Waals surface area contributed by atoms with E-state index < -0.39 is 18.1 Å². The van der Waals surface area contributed by atoms with Crippen LogP contribution in [0.3, 0.4) is 0 Å². The Balaban J connectivity index is 1.42. The fraction of sp³-hybridized carbons (Fsp3) is 0.480. The van der Waals surface area contributed by atoms with Crippen LogP contribution in [0.25, 0.3) is 0 Å². The lowest BCUT2D eigenvalue weighted by molar-refractivity contribution is -0.265. The maximum Gasteiger partial charge on any atom is 0.452 e. The van der Waals surface area contributed by atoms with Crippen molar-refractivity contribution in [2.75, 3.05) is 7.11 Å². The number of carbonyl (C=O) groups excluding carboxylic acids is 1. The minimum atomic E-state index is -4.99. The van der Waals surface area contributed by atoms with Crippen LogP contribution in [0.2, 0.25) is 0 Å². The summed E-state index contributed by atoms with van der Waals surface area (Å²) in [5.74, 6) is -0.705. The fourth-order valence-electron chi connectivity index (χ4n) is 5.83. The Bertz CT molecular complexity index is 1090. The number of piperidine rings is 1. The number of hydrogen-bond donors (Lipinski definition) is 1. The van der Waals surface area contributed by atoms with Crippen molar-refractivity contribution in [1.29, 1.82) is 0 Å². The quantitative estimate of drug-likeness (QED) is 0.444. The monoisotopic (exact) mass is 494 g/mol. The number of rotatable bonds is 8. The van der Waals surface area contributed by atoms with E-state index in [1.54, 1.807) is 17.0 Å². The van der Waals surface area contributed by atoms with Gasteiger partial charge in [-0.05, 0) is 36.6 Å². The third-order valence-electron chi connectivity index (χ3n) is 7.42. The summed E-state index contributed by atoms with van der Waals surface area (Å²) in [7, 11) is 1.35. The van der Waals surface area contributed by atoms with Crippen LogP contribution in [0.4, 0.5) is 17.6 Å². The highest BCUT2D eigenvalue weighted by Gasteiger charge is 2.69. The van der Waals surface area contributed by atoms with E-state index in [2.05, 4.69) is 4.90 Å². The zero-order valence-corrected chi connectivity index (χ0v) is 19.1. The van der Waals surface area contributed by atoms with Gasteiger partial charge in [0.05, 0.1) is 19.2 Å². The minimum Gasteiger partial charge on any atom is -0.497 e. The molecule has 3 aliphatic heterocycles. The van der Waals surface area contributed by atoms with Gasteiger partial charge in [0.1, 0.15) is 17.3 Å². The highest BCUT2D eigenvalue weighted by Crippen LogP contribution is 2.60. The molecule has 3 fully saturated rings. The van der Waals surface area contributed by atoms with Crippen LogP contribution < -0.4 is 9.47 Å². The van der Waals surface area contributed by atoms with Gasteiger partial charge in [-0.15, -0.1) is 0 Å². The van der Waals surface area contributed by atoms with Crippen molar-refractivity contribution < 1.29 is 36.9 Å². The predicted molar refractivity (Wildman–Crippen MR) is 117 cm³/mol. The van der Waals surface area contributed by atoms with Crippen molar-refractivity contribution in [3.8, 4) is 11.5 Å². The molecule has 2 aromatic rings. The molecule has 0 spiro atoms. The van der Waals surface area contributed by atoms with Gasteiger partial charge >= 0.3 is 6.18 Å². The summed E-state index contributed by atoms with van der Waals surface area (Å²) in [4.78, 5) is 17.8. The number of methoxy groups -OCH3 is 1. The van der Waals surface area contributed by atoms with Gasteiger partial charge < -0.3 is 19.5 Å². The van der Waals surface area contributed by atoms with Crippen LogP contribution in [0.1, 0.15) is 36.8 Å². The number of alkyl halides is 3. The maximum absolute atomic E-state index is 13.7. The average Bonchev–Trinajstić information content (AvgIpc) is 2.93. The first-order valence-corrected chi connectivity index (χ1v) is 11.5. The molecule has 0 bridgehead atoms. The van der Waals surface area contributed by atoms with Crippen molar-refractivity contribution in [3.05, 3.63) is 59.4 Å². The van der Waals surface area contributed by atoms with E-state index >= 15 is 0 Å². The SMILES string of the molecule is COc1ccc(CC(=O)N(Cc2ccc(F)cc2)C23C[C@H]4CC[C@@H](C2)N43)c(OC(O)C(F)(F)F)c1. The van der Waals surface area contributed by atoms with Crippen molar-refractivity contribution >= 4 is 5.91 Å². The third-order valence-corrected chi connectivity index (χ3v) is 7.42. The topological polar surface area (TPSA) is 62.2 Å². The number of halogens is 4. The number of nitrogens with zero attached hydrogens (tertiary/aromatic N) is 2. The second kappa shape index (κ2) is 8.67. The smallest absolute Gasteiger partial charge is 0.452 e. The Morgan fingerprint density at radius 1 is 1.17 bits per heavy atom. The molecule has 3 saturated heterocycles. The Morgan fingerprint density at radius 3 is 2.43 bits per heavy atom. The zero-order chi connectivity index (χ0) is 25.0. The van der Waals surface area contributed by atoms with E-state index in [1.807, 2.05) is 0 Å². The summed E-state index contributed by atoms with van der Waals surface area (Å²) < 4.78 is 62.1. The first-order valence-electron chi connectivity index (χ1n) is 11.5. The maximum atomic E-state index is 13.7. The van der Waals surface area contributed by atoms with Crippen molar-refractivity contribution in [1.82, 2.24) is 9.80 Å². The van der Waals surface area contributed by atoms with Crippen LogP contribution in [-0.2, 0) is 17.8 Å². The van der Waals surface area contributed by atoms with Gasteiger partial charge in [0, 0.05) is 43.1 Å². The van der Waals surface area contributed by atoms with Gasteiger partial charge in [0.15, 0.2) is 0 Å². The molecule has 0 aliphatic carbocycles. The molecule has 0 aromatic heterocycles. The van der Waals surface area contributed by atoms with E-state index in [0.29, 0.717) is 12.1 Å². The number of benzene rings is 2. The van der Waals surface area contributed by atoms with Crippen LogP contribution in [0, 0.1) is 5.82 Å². The van der Waals surface area contributed by atoms with Crippen LogP contribution in [0.5, 0.6) is 11.5 Å². The second-order valence-electron chi connectivity index (χ2n) is 9.45. The van der Waals surface area contributed by atoms with E-state index in [4.69, 9.17) is 9.47 Å². The molecule has 0 saturated carbocycles. The first-order chi connectivity index (χ1) is 16.6. The lowest BCUT2D eigenvalue weighted by Gasteiger charge is -2.70. The molecule has 4 atom stereocenters. The van der Waals surface area contributed by atoms with Crippen LogP contribution in [0.15, 0.2) is 42.5 Å². The summed E-state index contributed by atoms with van der Waals surface area (Å²) in [6.07, 6.45) is -4.38. The van der Waals surface area contributed by atoms with Crippen molar-refractivity contribution in [2.24, 2.45) is 0 Å². The normalized spacial score (nSPS) is 25.8. The number of amides is 1. The average molecular weight is 494 g/mol. The Kier molecular flexibility index (Phi) is 5.91. The Morgan fingerprint density at radius 2 is 1.83 bits per heavy atom. The lowest BCUT2D eigenvalue weighted by atomic mass is 9.73. The highest BCUT2D eigenvalue weighted by atomic mass is 19.4. The van der Waals surface area contributed by atoms with Gasteiger partial charge in [-0.3, -0.25) is 9.69 Å². The van der Waals surface area contributed by atoms with Gasteiger partial charge in [-0.25, -0.2) is 4.39 Å². The molecule has 2 aromatic carbocycles. The fourth-order valence-corrected chi connectivity index (χ4v) is 5.83. The highest BCUT2D eigenvalue weighted by molar-refractivity contribution is 5.81. The van der Waals surface area contributed by atoms with Gasteiger partial charge in [0.2, 0.25) is 5.91 Å². The lowest BCUT2D eigenvalue weighted by Crippen LogP contribution is -2.81. The Hall–Kier alpha value is -2.85. The molecule has 10 heteroatoms. The van der Waals surface area contributed by atoms with Gasteiger partial charge in [-0.2, -0.15) is 13.2 Å². The second-order valence-corrected chi connectivity index (χ2v) is 9.45. The standard InChI is InChI=1S/C25H26F4N2O4/c1-34-20-9-4-16(21(11-20)35-23(33)25(27,28)29)10-22(32)30(14-15-2-5-17(26)6-3-15)24-12-18-7-8-19(13-24)31(18)24/h2-6,9,11,18-19,23,33H,7-8,10,12-14H2,1H3/t18-,19+,23?,24?. The van der Waals surface area contributed by atoms with Gasteiger partial charge in [-0.1, -0.05) is 18.2 Å². The summed E-state index contributed by atoms with van der Waals surface area (Å²) in [5, 5.41) is 9.45. The molecular formula is C25H26F4N2O4. The number of hydrogen-bond acceptors (Lipinski definition) is 5. The Labute approximate surface area is 200 Å². The third kappa shape index (κ3) is 4.23. The molecule has 3 aliphatic rings. The van der Waals surface area contributed by atoms with Crippen molar-refractivity contribution in [2.45, 2.75) is 68.9 Å².